The predicted octanol–water partition coefficient (Wildman–Crippen LogP) is -5.79. The zero-order valence-electron chi connectivity index (χ0n) is 13.4. The highest BCUT2D eigenvalue weighted by Crippen LogP contribution is 2.28. The van der Waals surface area contributed by atoms with Crippen molar-refractivity contribution in [1.29, 1.82) is 0 Å². The molecule has 1 unspecified atom stereocenters. The van der Waals surface area contributed by atoms with E-state index in [4.69, 9.17) is 24.4 Å². The van der Waals surface area contributed by atoms with Crippen LogP contribution in [0.1, 0.15) is 0 Å². The van der Waals surface area contributed by atoms with E-state index in [0.717, 1.165) is 7.11 Å². The fourth-order valence-electron chi connectivity index (χ4n) is 2.57. The lowest BCUT2D eigenvalue weighted by atomic mass is 9.97. The van der Waals surface area contributed by atoms with Crippen LogP contribution in [-0.2, 0) is 14.2 Å². The molecule has 10 atom stereocenters. The molecule has 12 heteroatoms. The van der Waals surface area contributed by atoms with E-state index >= 15 is 0 Å². The third-order valence-corrected chi connectivity index (χ3v) is 3.98. The van der Waals surface area contributed by atoms with Gasteiger partial charge in [0.15, 0.2) is 12.6 Å². The van der Waals surface area contributed by atoms with Gasteiger partial charge < -0.3 is 60.2 Å². The van der Waals surface area contributed by atoms with Crippen LogP contribution < -0.4 is 0 Å². The molecule has 0 bridgehead atoms. The smallest absolute Gasteiger partial charge is 0.187 e. The Morgan fingerprint density at radius 3 is 1.76 bits per heavy atom. The van der Waals surface area contributed by atoms with Gasteiger partial charge >= 0.3 is 0 Å². The molecule has 0 aromatic heterocycles. The third kappa shape index (κ3) is 4.82. The molecular weight excluding hydrogens is 348 g/mol. The second-order valence-electron chi connectivity index (χ2n) is 5.53. The first-order valence-corrected chi connectivity index (χ1v) is 7.53. The maximum absolute atomic E-state index is 9.94. The van der Waals surface area contributed by atoms with Crippen LogP contribution in [0.15, 0.2) is 0 Å². The first kappa shape index (κ1) is 22.6. The van der Waals surface area contributed by atoms with Crippen molar-refractivity contribution >= 4 is 0 Å². The Hall–Kier alpha value is -0.480. The summed E-state index contributed by atoms with van der Waals surface area (Å²) < 4.78 is 15.3. The van der Waals surface area contributed by atoms with Crippen molar-refractivity contribution in [2.75, 3.05) is 20.3 Å². The fourth-order valence-corrected chi connectivity index (χ4v) is 2.57. The number of aliphatic hydroxyl groups excluding tert-OH is 9. The van der Waals surface area contributed by atoms with Crippen LogP contribution in [0.3, 0.4) is 0 Å². The van der Waals surface area contributed by atoms with Gasteiger partial charge in [0.1, 0.15) is 48.8 Å². The minimum Gasteiger partial charge on any atom is -0.400 e. The van der Waals surface area contributed by atoms with Crippen molar-refractivity contribution in [2.24, 2.45) is 0 Å². The van der Waals surface area contributed by atoms with Crippen LogP contribution in [-0.4, -0.2) is 128 Å². The van der Waals surface area contributed by atoms with E-state index in [1.165, 1.54) is 0 Å². The van der Waals surface area contributed by atoms with Crippen molar-refractivity contribution < 1.29 is 60.2 Å². The summed E-state index contributed by atoms with van der Waals surface area (Å²) in [5.74, 6) is 0. The van der Waals surface area contributed by atoms with Gasteiger partial charge in [-0.2, -0.15) is 0 Å². The van der Waals surface area contributed by atoms with Crippen LogP contribution in [0.2, 0.25) is 0 Å². The van der Waals surface area contributed by atoms with Gasteiger partial charge in [0.25, 0.3) is 0 Å². The Labute approximate surface area is 143 Å². The van der Waals surface area contributed by atoms with Crippen molar-refractivity contribution in [3.63, 3.8) is 0 Å². The summed E-state index contributed by atoms with van der Waals surface area (Å²) >= 11 is 0. The van der Waals surface area contributed by atoms with Crippen LogP contribution in [0, 0.1) is 0 Å². The van der Waals surface area contributed by atoms with E-state index in [9.17, 15) is 35.7 Å². The predicted molar refractivity (Wildman–Crippen MR) is 76.8 cm³/mol. The molecule has 0 aromatic carbocycles. The zero-order valence-corrected chi connectivity index (χ0v) is 13.4. The Kier molecular flexibility index (Phi) is 9.03. The maximum atomic E-state index is 9.94. The van der Waals surface area contributed by atoms with E-state index in [2.05, 4.69) is 0 Å². The van der Waals surface area contributed by atoms with Crippen molar-refractivity contribution in [3.05, 3.63) is 0 Å². The lowest BCUT2D eigenvalue weighted by Crippen LogP contribution is -2.64. The second kappa shape index (κ2) is 10.0. The summed E-state index contributed by atoms with van der Waals surface area (Å²) in [6, 6.07) is 0. The van der Waals surface area contributed by atoms with Crippen molar-refractivity contribution in [2.45, 2.75) is 61.4 Å². The highest BCUT2D eigenvalue weighted by molar-refractivity contribution is 4.93. The topological polar surface area (TPSA) is 210 Å². The summed E-state index contributed by atoms with van der Waals surface area (Å²) in [5, 5.41) is 83.5. The van der Waals surface area contributed by atoms with Crippen molar-refractivity contribution in [1.82, 2.24) is 0 Å². The Bertz CT molecular complexity index is 380. The van der Waals surface area contributed by atoms with Crippen LogP contribution in [0.25, 0.3) is 0 Å². The van der Waals surface area contributed by atoms with E-state index in [0.29, 0.717) is 0 Å². The highest BCUT2D eigenvalue weighted by atomic mass is 16.7. The summed E-state index contributed by atoms with van der Waals surface area (Å²) in [6.07, 6.45) is -15.6. The second-order valence-corrected chi connectivity index (χ2v) is 5.53. The number of aliphatic hydroxyl groups is 9. The van der Waals surface area contributed by atoms with Crippen LogP contribution >= 0.6 is 0 Å². The molecule has 25 heavy (non-hydrogen) atoms. The van der Waals surface area contributed by atoms with E-state index in [1.807, 2.05) is 0 Å². The number of hydrogen-bond acceptors (Lipinski definition) is 12. The van der Waals surface area contributed by atoms with Crippen molar-refractivity contribution in [3.8, 4) is 0 Å². The first-order chi connectivity index (χ1) is 11.8. The summed E-state index contributed by atoms with van der Waals surface area (Å²) in [5.41, 5.74) is 0. The first-order valence-electron chi connectivity index (χ1n) is 7.53. The maximum Gasteiger partial charge on any atom is 0.187 e. The molecule has 0 saturated carbocycles. The van der Waals surface area contributed by atoms with Gasteiger partial charge in [-0.3, -0.25) is 0 Å². The largest absolute Gasteiger partial charge is 0.400 e. The Morgan fingerprint density at radius 1 is 0.680 bits per heavy atom. The van der Waals surface area contributed by atoms with Crippen LogP contribution in [0.5, 0.6) is 0 Å². The quantitative estimate of drug-likeness (QED) is 0.225. The Morgan fingerprint density at radius 2 is 1.24 bits per heavy atom. The molecule has 2 heterocycles. The normalized spacial score (nSPS) is 47.8. The molecule has 0 aliphatic carbocycles. The average molecular weight is 374 g/mol. The molecule has 0 amide bonds. The van der Waals surface area contributed by atoms with Gasteiger partial charge in [-0.25, -0.2) is 0 Å². The monoisotopic (exact) mass is 374 g/mol. The zero-order chi connectivity index (χ0) is 19.3. The molecule has 2 saturated heterocycles. The molecule has 0 spiro atoms. The number of ether oxygens (including phenoxy) is 3. The van der Waals surface area contributed by atoms with E-state index < -0.39 is 74.6 Å². The molecule has 2 rings (SSSR count). The molecule has 12 nitrogen and oxygen atoms in total. The number of hydrogen-bond donors (Lipinski definition) is 9. The number of rotatable bonds is 4. The van der Waals surface area contributed by atoms with Crippen LogP contribution in [0.4, 0.5) is 0 Å². The summed E-state index contributed by atoms with van der Waals surface area (Å²) in [4.78, 5) is 0. The molecular formula is C13H26O12. The van der Waals surface area contributed by atoms with Gasteiger partial charge in [-0.05, 0) is 0 Å². The van der Waals surface area contributed by atoms with Gasteiger partial charge in [-0.15, -0.1) is 0 Å². The lowest BCUT2D eigenvalue weighted by molar-refractivity contribution is -0.355. The van der Waals surface area contributed by atoms with Gasteiger partial charge in [0.2, 0.25) is 0 Å². The minimum atomic E-state index is -1.74. The molecule has 2 aliphatic heterocycles. The minimum absolute atomic E-state index is 0.667. The standard InChI is InChI=1S/C12H22O11.CH4O/c13-1-3-5(15)6(16)9(19)12(22-3)23-10-4(2-14)21-11(20)8(18)7(10)17;1-2/h3-20H,1-2H2;2H,1H3/t3-,4-,5+,6+,7-,8-,9-,10-,11?,12+;/m1./s1. The molecule has 2 fully saturated rings. The highest BCUT2D eigenvalue weighted by Gasteiger charge is 2.50. The average Bonchev–Trinajstić information content (AvgIpc) is 2.63. The van der Waals surface area contributed by atoms with E-state index in [-0.39, 0.29) is 0 Å². The van der Waals surface area contributed by atoms with Gasteiger partial charge in [0.05, 0.1) is 13.2 Å². The molecule has 2 aliphatic rings. The SMILES string of the molecule is CO.OC[C@H]1O[C@@H](O[C@H]2[C@H](O)[C@@H](O)C(O)O[C@@H]2CO)[C@H](O)[C@@H](O)[C@H]1O. The fraction of sp³-hybridized carbons (Fsp3) is 1.00. The van der Waals surface area contributed by atoms with E-state index in [1.54, 1.807) is 0 Å². The van der Waals surface area contributed by atoms with Gasteiger partial charge in [0, 0.05) is 7.11 Å². The third-order valence-electron chi connectivity index (χ3n) is 3.98. The molecule has 0 aromatic rings. The summed E-state index contributed by atoms with van der Waals surface area (Å²) in [6.45, 7) is -1.35. The summed E-state index contributed by atoms with van der Waals surface area (Å²) in [7, 11) is 1.00. The Balaban J connectivity index is 0.00000151. The molecule has 150 valence electrons. The molecule has 0 radical (unpaired) electrons. The lowest BCUT2D eigenvalue weighted by Gasteiger charge is -2.45. The molecule has 9 N–H and O–H groups in total. The van der Waals surface area contributed by atoms with Gasteiger partial charge in [-0.1, -0.05) is 0 Å².